The Morgan fingerprint density at radius 2 is 1.82 bits per heavy atom. The zero-order valence-corrected chi connectivity index (χ0v) is 9.93. The molecule has 1 atom stereocenters. The monoisotopic (exact) mass is 245 g/mol. The third kappa shape index (κ3) is 4.38. The Bertz CT molecular complexity index is 347. The first-order valence-corrected chi connectivity index (χ1v) is 5.85. The predicted molar refractivity (Wildman–Crippen MR) is 62.6 cm³/mol. The van der Waals surface area contributed by atoms with Crippen LogP contribution < -0.4 is 5.73 Å². The first kappa shape index (κ1) is 14.0. The van der Waals surface area contributed by atoms with Crippen LogP contribution in [-0.4, -0.2) is 6.04 Å². The normalized spacial score (nSPS) is 13.7. The van der Waals surface area contributed by atoms with Gasteiger partial charge in [-0.2, -0.15) is 13.2 Å². The third-order valence-corrected chi connectivity index (χ3v) is 2.77. The van der Waals surface area contributed by atoms with E-state index < -0.39 is 11.7 Å². The maximum absolute atomic E-state index is 12.7. The highest BCUT2D eigenvalue weighted by molar-refractivity contribution is 5.29. The molecule has 0 aliphatic carbocycles. The van der Waals surface area contributed by atoms with Gasteiger partial charge in [-0.25, -0.2) is 0 Å². The summed E-state index contributed by atoms with van der Waals surface area (Å²) in [6.45, 7) is 2.02. The second kappa shape index (κ2) is 6.05. The van der Waals surface area contributed by atoms with E-state index in [1.807, 2.05) is 6.92 Å². The Hall–Kier alpha value is -1.03. The fourth-order valence-corrected chi connectivity index (χ4v) is 1.87. The number of benzene rings is 1. The highest BCUT2D eigenvalue weighted by atomic mass is 19.4. The van der Waals surface area contributed by atoms with E-state index in [1.54, 1.807) is 6.07 Å². The molecule has 1 aromatic carbocycles. The van der Waals surface area contributed by atoms with Gasteiger partial charge in [0.1, 0.15) is 0 Å². The Balaban J connectivity index is 2.71. The third-order valence-electron chi connectivity index (χ3n) is 2.77. The van der Waals surface area contributed by atoms with Gasteiger partial charge in [-0.1, -0.05) is 31.5 Å². The van der Waals surface area contributed by atoms with Crippen LogP contribution in [0.5, 0.6) is 0 Å². The molecule has 17 heavy (non-hydrogen) atoms. The average Bonchev–Trinajstić information content (AvgIpc) is 2.26. The number of hydrogen-bond acceptors (Lipinski definition) is 1. The van der Waals surface area contributed by atoms with Crippen molar-refractivity contribution in [3.05, 3.63) is 35.4 Å². The van der Waals surface area contributed by atoms with Crippen LogP contribution in [0.15, 0.2) is 24.3 Å². The fraction of sp³-hybridized carbons (Fsp3) is 0.538. The van der Waals surface area contributed by atoms with Gasteiger partial charge in [0, 0.05) is 6.04 Å². The highest BCUT2D eigenvalue weighted by Crippen LogP contribution is 2.32. The van der Waals surface area contributed by atoms with Crippen LogP contribution in [0, 0.1) is 0 Å². The summed E-state index contributed by atoms with van der Waals surface area (Å²) < 4.78 is 38.1. The Labute approximate surface area is 99.8 Å². The van der Waals surface area contributed by atoms with E-state index in [0.29, 0.717) is 18.4 Å². The molecule has 0 spiro atoms. The molecule has 0 bridgehead atoms. The number of alkyl halides is 3. The van der Waals surface area contributed by atoms with Crippen LogP contribution in [0.25, 0.3) is 0 Å². The van der Waals surface area contributed by atoms with E-state index in [1.165, 1.54) is 12.1 Å². The molecular weight excluding hydrogens is 227 g/mol. The van der Waals surface area contributed by atoms with E-state index >= 15 is 0 Å². The molecule has 0 aliphatic heterocycles. The van der Waals surface area contributed by atoms with Gasteiger partial charge in [0.2, 0.25) is 0 Å². The largest absolute Gasteiger partial charge is 0.416 e. The summed E-state index contributed by atoms with van der Waals surface area (Å²) in [4.78, 5) is 0. The lowest BCUT2D eigenvalue weighted by atomic mass is 9.98. The van der Waals surface area contributed by atoms with Crippen molar-refractivity contribution in [1.82, 2.24) is 0 Å². The van der Waals surface area contributed by atoms with Crippen LogP contribution in [-0.2, 0) is 12.6 Å². The molecule has 4 heteroatoms. The maximum atomic E-state index is 12.7. The molecule has 0 saturated carbocycles. The van der Waals surface area contributed by atoms with Crippen LogP contribution in [0.2, 0.25) is 0 Å². The van der Waals surface area contributed by atoms with E-state index in [0.717, 1.165) is 18.9 Å². The van der Waals surface area contributed by atoms with Gasteiger partial charge in [0.25, 0.3) is 0 Å². The lowest BCUT2D eigenvalue weighted by molar-refractivity contribution is -0.138. The van der Waals surface area contributed by atoms with Crippen molar-refractivity contribution in [2.75, 3.05) is 0 Å². The van der Waals surface area contributed by atoms with Crippen molar-refractivity contribution in [1.29, 1.82) is 0 Å². The number of hydrogen-bond donors (Lipinski definition) is 1. The topological polar surface area (TPSA) is 26.0 Å². The minimum absolute atomic E-state index is 0.0127. The van der Waals surface area contributed by atoms with E-state index in [2.05, 4.69) is 0 Å². The second-order valence-corrected chi connectivity index (χ2v) is 4.24. The fourth-order valence-electron chi connectivity index (χ4n) is 1.87. The van der Waals surface area contributed by atoms with Crippen LogP contribution in [0.1, 0.15) is 37.3 Å². The Morgan fingerprint density at radius 1 is 1.18 bits per heavy atom. The highest BCUT2D eigenvalue weighted by Gasteiger charge is 2.32. The molecule has 96 valence electrons. The Morgan fingerprint density at radius 3 is 2.41 bits per heavy atom. The molecule has 0 heterocycles. The summed E-state index contributed by atoms with van der Waals surface area (Å²) in [6, 6.07) is 5.69. The molecule has 0 aliphatic rings. The zero-order valence-electron chi connectivity index (χ0n) is 9.93. The van der Waals surface area contributed by atoms with Crippen molar-refractivity contribution >= 4 is 0 Å². The molecule has 1 aromatic rings. The van der Waals surface area contributed by atoms with Crippen molar-refractivity contribution in [3.8, 4) is 0 Å². The summed E-state index contributed by atoms with van der Waals surface area (Å²) in [5, 5.41) is 0. The van der Waals surface area contributed by atoms with Crippen molar-refractivity contribution < 1.29 is 13.2 Å². The summed E-state index contributed by atoms with van der Waals surface area (Å²) in [5.74, 6) is 0. The summed E-state index contributed by atoms with van der Waals surface area (Å²) in [7, 11) is 0. The quantitative estimate of drug-likeness (QED) is 0.839. The standard InChI is InChI=1S/C13H18F3N/c1-2-5-11(17)9-8-10-6-3-4-7-12(10)13(14,15)16/h3-4,6-7,11H,2,5,8-9,17H2,1H3. The minimum Gasteiger partial charge on any atom is -0.328 e. The molecule has 1 unspecified atom stereocenters. The lowest BCUT2D eigenvalue weighted by Gasteiger charge is -2.14. The van der Waals surface area contributed by atoms with Gasteiger partial charge in [0.05, 0.1) is 5.56 Å². The molecule has 1 rings (SSSR count). The van der Waals surface area contributed by atoms with E-state index in [4.69, 9.17) is 5.73 Å². The van der Waals surface area contributed by atoms with Gasteiger partial charge < -0.3 is 5.73 Å². The Kier molecular flexibility index (Phi) is 5.00. The smallest absolute Gasteiger partial charge is 0.328 e. The summed E-state index contributed by atoms with van der Waals surface area (Å²) in [5.41, 5.74) is 5.61. The summed E-state index contributed by atoms with van der Waals surface area (Å²) in [6.07, 6.45) is -1.47. The summed E-state index contributed by atoms with van der Waals surface area (Å²) >= 11 is 0. The predicted octanol–water partition coefficient (Wildman–Crippen LogP) is 3.77. The van der Waals surface area contributed by atoms with Crippen molar-refractivity contribution in [3.63, 3.8) is 0 Å². The molecule has 2 N–H and O–H groups in total. The minimum atomic E-state index is -4.27. The number of aryl methyl sites for hydroxylation is 1. The lowest BCUT2D eigenvalue weighted by Crippen LogP contribution is -2.21. The molecule has 0 aromatic heterocycles. The average molecular weight is 245 g/mol. The molecule has 0 saturated heterocycles. The van der Waals surface area contributed by atoms with Gasteiger partial charge in [-0.05, 0) is 30.9 Å². The first-order chi connectivity index (χ1) is 7.95. The molecule has 1 nitrogen and oxygen atoms in total. The van der Waals surface area contributed by atoms with E-state index in [9.17, 15) is 13.2 Å². The van der Waals surface area contributed by atoms with Crippen molar-refractivity contribution in [2.45, 2.75) is 44.8 Å². The molecule has 0 amide bonds. The SMILES string of the molecule is CCCC(N)CCc1ccccc1C(F)(F)F. The number of nitrogens with two attached hydrogens (primary N) is 1. The first-order valence-electron chi connectivity index (χ1n) is 5.85. The van der Waals surface area contributed by atoms with Crippen LogP contribution in [0.3, 0.4) is 0 Å². The van der Waals surface area contributed by atoms with E-state index in [-0.39, 0.29) is 6.04 Å². The zero-order chi connectivity index (χ0) is 12.9. The molecule has 0 fully saturated rings. The second-order valence-electron chi connectivity index (χ2n) is 4.24. The van der Waals surface area contributed by atoms with Gasteiger partial charge in [-0.3, -0.25) is 0 Å². The van der Waals surface area contributed by atoms with Crippen LogP contribution in [0.4, 0.5) is 13.2 Å². The molecule has 0 radical (unpaired) electrons. The number of rotatable bonds is 5. The number of halogens is 3. The van der Waals surface area contributed by atoms with Gasteiger partial charge >= 0.3 is 6.18 Å². The van der Waals surface area contributed by atoms with Crippen molar-refractivity contribution in [2.24, 2.45) is 5.73 Å². The van der Waals surface area contributed by atoms with Crippen LogP contribution >= 0.6 is 0 Å². The maximum Gasteiger partial charge on any atom is 0.416 e. The van der Waals surface area contributed by atoms with Gasteiger partial charge in [0.15, 0.2) is 0 Å². The van der Waals surface area contributed by atoms with Gasteiger partial charge in [-0.15, -0.1) is 0 Å². The molecular formula is C13H18F3N.